The minimum Gasteiger partial charge on any atom is -0.319 e. The molecule has 1 atom stereocenters. The highest BCUT2D eigenvalue weighted by Crippen LogP contribution is 2.23. The lowest BCUT2D eigenvalue weighted by atomic mass is 9.90. The SMILES string of the molecule is CNCC(Cc1ccccc1C)Cc1ccc(F)cc1Cl. The van der Waals surface area contributed by atoms with Crippen molar-refractivity contribution in [1.29, 1.82) is 0 Å². The highest BCUT2D eigenvalue weighted by molar-refractivity contribution is 6.31. The summed E-state index contributed by atoms with van der Waals surface area (Å²) < 4.78 is 13.1. The van der Waals surface area contributed by atoms with Gasteiger partial charge in [0.05, 0.1) is 0 Å². The molecule has 0 saturated heterocycles. The number of halogens is 2. The first-order valence-electron chi connectivity index (χ1n) is 7.23. The molecule has 0 amide bonds. The quantitative estimate of drug-likeness (QED) is 0.833. The summed E-state index contributed by atoms with van der Waals surface area (Å²) >= 11 is 6.15. The smallest absolute Gasteiger partial charge is 0.124 e. The van der Waals surface area contributed by atoms with E-state index in [0.717, 1.165) is 24.9 Å². The van der Waals surface area contributed by atoms with Crippen molar-refractivity contribution in [2.45, 2.75) is 19.8 Å². The lowest BCUT2D eigenvalue weighted by Gasteiger charge is -2.18. The average Bonchev–Trinajstić information content (AvgIpc) is 2.44. The van der Waals surface area contributed by atoms with Crippen molar-refractivity contribution >= 4 is 11.6 Å². The van der Waals surface area contributed by atoms with Gasteiger partial charge in [-0.1, -0.05) is 41.9 Å². The predicted octanol–water partition coefficient (Wildman–Crippen LogP) is 4.41. The molecule has 0 aliphatic heterocycles. The summed E-state index contributed by atoms with van der Waals surface area (Å²) in [4.78, 5) is 0. The van der Waals surface area contributed by atoms with Gasteiger partial charge in [-0.15, -0.1) is 0 Å². The zero-order valence-corrected chi connectivity index (χ0v) is 13.3. The molecule has 0 radical (unpaired) electrons. The molecule has 2 aromatic carbocycles. The van der Waals surface area contributed by atoms with Crippen LogP contribution in [0, 0.1) is 18.7 Å². The molecular weight excluding hydrogens is 285 g/mol. The van der Waals surface area contributed by atoms with E-state index in [9.17, 15) is 4.39 Å². The van der Waals surface area contributed by atoms with Gasteiger partial charge in [-0.3, -0.25) is 0 Å². The van der Waals surface area contributed by atoms with Gasteiger partial charge in [0.25, 0.3) is 0 Å². The molecule has 0 saturated carbocycles. The van der Waals surface area contributed by atoms with Gasteiger partial charge in [0, 0.05) is 5.02 Å². The van der Waals surface area contributed by atoms with Gasteiger partial charge in [0.1, 0.15) is 5.82 Å². The van der Waals surface area contributed by atoms with E-state index in [1.54, 1.807) is 6.07 Å². The number of hydrogen-bond acceptors (Lipinski definition) is 1. The van der Waals surface area contributed by atoms with Gasteiger partial charge in [0.15, 0.2) is 0 Å². The summed E-state index contributed by atoms with van der Waals surface area (Å²) in [5, 5.41) is 3.76. The van der Waals surface area contributed by atoms with Gasteiger partial charge in [-0.25, -0.2) is 4.39 Å². The van der Waals surface area contributed by atoms with Crippen LogP contribution in [0.3, 0.4) is 0 Å². The monoisotopic (exact) mass is 305 g/mol. The van der Waals surface area contributed by atoms with E-state index in [4.69, 9.17) is 11.6 Å². The molecular formula is C18H21ClFN. The molecule has 112 valence electrons. The van der Waals surface area contributed by atoms with Crippen LogP contribution in [0.5, 0.6) is 0 Å². The number of hydrogen-bond donors (Lipinski definition) is 1. The van der Waals surface area contributed by atoms with Crippen LogP contribution in [0.2, 0.25) is 5.02 Å². The van der Waals surface area contributed by atoms with Crippen LogP contribution in [0.4, 0.5) is 4.39 Å². The van der Waals surface area contributed by atoms with Gasteiger partial charge < -0.3 is 5.32 Å². The Labute approximate surface area is 131 Å². The summed E-state index contributed by atoms with van der Waals surface area (Å²) in [5.74, 6) is 0.145. The molecule has 0 fully saturated rings. The Hall–Kier alpha value is -1.38. The summed E-state index contributed by atoms with van der Waals surface area (Å²) in [6, 6.07) is 13.1. The molecule has 21 heavy (non-hydrogen) atoms. The fourth-order valence-electron chi connectivity index (χ4n) is 2.65. The molecule has 0 bridgehead atoms. The van der Waals surface area contributed by atoms with Crippen molar-refractivity contribution in [1.82, 2.24) is 5.32 Å². The van der Waals surface area contributed by atoms with Gasteiger partial charge in [0.2, 0.25) is 0 Å². The van der Waals surface area contributed by atoms with Crippen LogP contribution in [-0.4, -0.2) is 13.6 Å². The number of rotatable bonds is 6. The topological polar surface area (TPSA) is 12.0 Å². The van der Waals surface area contributed by atoms with Crippen molar-refractivity contribution in [3.05, 3.63) is 70.0 Å². The number of aryl methyl sites for hydroxylation is 1. The van der Waals surface area contributed by atoms with E-state index in [2.05, 4.69) is 36.5 Å². The maximum atomic E-state index is 13.1. The van der Waals surface area contributed by atoms with Crippen LogP contribution >= 0.6 is 11.6 Å². The maximum absolute atomic E-state index is 13.1. The van der Waals surface area contributed by atoms with E-state index in [1.165, 1.54) is 23.3 Å². The van der Waals surface area contributed by atoms with Crippen LogP contribution in [0.1, 0.15) is 16.7 Å². The van der Waals surface area contributed by atoms with Crippen LogP contribution in [0.15, 0.2) is 42.5 Å². The van der Waals surface area contributed by atoms with Crippen molar-refractivity contribution in [3.63, 3.8) is 0 Å². The lowest BCUT2D eigenvalue weighted by molar-refractivity contribution is 0.492. The van der Waals surface area contributed by atoms with Crippen molar-refractivity contribution < 1.29 is 4.39 Å². The average molecular weight is 306 g/mol. The highest BCUT2D eigenvalue weighted by Gasteiger charge is 2.13. The Morgan fingerprint density at radius 3 is 2.48 bits per heavy atom. The second-order valence-electron chi connectivity index (χ2n) is 5.49. The molecule has 0 heterocycles. The molecule has 1 N–H and O–H groups in total. The third-order valence-corrected chi connectivity index (χ3v) is 4.14. The lowest BCUT2D eigenvalue weighted by Crippen LogP contribution is -2.23. The third kappa shape index (κ3) is 4.55. The molecule has 1 unspecified atom stereocenters. The van der Waals surface area contributed by atoms with Gasteiger partial charge in [-0.2, -0.15) is 0 Å². The van der Waals surface area contributed by atoms with E-state index in [0.29, 0.717) is 10.9 Å². The Balaban J connectivity index is 2.14. The third-order valence-electron chi connectivity index (χ3n) is 3.79. The Kier molecular flexibility index (Phi) is 5.77. The largest absolute Gasteiger partial charge is 0.319 e. The molecule has 3 heteroatoms. The second-order valence-corrected chi connectivity index (χ2v) is 5.90. The van der Waals surface area contributed by atoms with Crippen LogP contribution in [0.25, 0.3) is 0 Å². The van der Waals surface area contributed by atoms with Crippen LogP contribution < -0.4 is 5.32 Å². The first kappa shape index (κ1) is 16.0. The van der Waals surface area contributed by atoms with Gasteiger partial charge >= 0.3 is 0 Å². The number of nitrogens with one attached hydrogen (secondary N) is 1. The Morgan fingerprint density at radius 2 is 1.81 bits per heavy atom. The molecule has 1 nitrogen and oxygen atoms in total. The minimum absolute atomic E-state index is 0.284. The standard InChI is InChI=1S/C18H21ClFN/c1-13-5-3-4-6-15(13)9-14(12-21-2)10-16-7-8-17(20)11-18(16)19/h3-8,11,14,21H,9-10,12H2,1-2H3. The summed E-state index contributed by atoms with van der Waals surface area (Å²) in [6.07, 6.45) is 1.83. The molecule has 2 aromatic rings. The highest BCUT2D eigenvalue weighted by atomic mass is 35.5. The van der Waals surface area contributed by atoms with Crippen molar-refractivity contribution in [2.75, 3.05) is 13.6 Å². The van der Waals surface area contributed by atoms with Crippen molar-refractivity contribution in [3.8, 4) is 0 Å². The molecule has 2 rings (SSSR count). The fourth-order valence-corrected chi connectivity index (χ4v) is 2.90. The molecule has 0 aromatic heterocycles. The van der Waals surface area contributed by atoms with E-state index in [1.807, 2.05) is 7.05 Å². The maximum Gasteiger partial charge on any atom is 0.124 e. The number of benzene rings is 2. The first-order chi connectivity index (χ1) is 10.1. The molecule has 0 spiro atoms. The van der Waals surface area contributed by atoms with E-state index < -0.39 is 0 Å². The molecule has 0 aliphatic carbocycles. The Morgan fingerprint density at radius 1 is 1.10 bits per heavy atom. The van der Waals surface area contributed by atoms with Crippen molar-refractivity contribution in [2.24, 2.45) is 5.92 Å². The van der Waals surface area contributed by atoms with E-state index >= 15 is 0 Å². The fraction of sp³-hybridized carbons (Fsp3) is 0.333. The summed E-state index contributed by atoms with van der Waals surface area (Å²) in [7, 11) is 1.96. The molecule has 0 aliphatic rings. The second kappa shape index (κ2) is 7.58. The zero-order valence-electron chi connectivity index (χ0n) is 12.5. The van der Waals surface area contributed by atoms with Gasteiger partial charge in [-0.05, 0) is 68.1 Å². The first-order valence-corrected chi connectivity index (χ1v) is 7.61. The van der Waals surface area contributed by atoms with E-state index in [-0.39, 0.29) is 5.82 Å². The zero-order chi connectivity index (χ0) is 15.2. The predicted molar refractivity (Wildman–Crippen MR) is 87.4 cm³/mol. The normalized spacial score (nSPS) is 12.4. The minimum atomic E-state index is -0.284. The van der Waals surface area contributed by atoms with Crippen LogP contribution in [-0.2, 0) is 12.8 Å². The summed E-state index contributed by atoms with van der Waals surface area (Å²) in [6.45, 7) is 3.04. The summed E-state index contributed by atoms with van der Waals surface area (Å²) in [5.41, 5.74) is 3.67. The Bertz CT molecular complexity index is 598.